The normalized spacial score (nSPS) is 16.8. The molecule has 0 fully saturated rings. The minimum atomic E-state index is -1.59. The van der Waals surface area contributed by atoms with E-state index in [0.29, 0.717) is 25.2 Å². The van der Waals surface area contributed by atoms with E-state index >= 15 is 0 Å². The third-order valence-corrected chi connectivity index (χ3v) is 7.39. The van der Waals surface area contributed by atoms with E-state index in [9.17, 15) is 9.18 Å². The molecule has 7 nitrogen and oxygen atoms in total. The van der Waals surface area contributed by atoms with Gasteiger partial charge in [0.2, 0.25) is 5.91 Å². The maximum atomic E-state index is 14.5. The second kappa shape index (κ2) is 10.4. The van der Waals surface area contributed by atoms with E-state index in [4.69, 9.17) is 5.10 Å². The van der Waals surface area contributed by atoms with Gasteiger partial charge < -0.3 is 9.47 Å². The zero-order chi connectivity index (χ0) is 27.1. The van der Waals surface area contributed by atoms with Crippen LogP contribution in [0, 0.1) is 0 Å². The third-order valence-electron chi connectivity index (χ3n) is 7.09. The summed E-state index contributed by atoms with van der Waals surface area (Å²) in [4.78, 5) is 21.7. The van der Waals surface area contributed by atoms with Crippen LogP contribution >= 0.6 is 9.24 Å². The van der Waals surface area contributed by atoms with Crippen LogP contribution in [0.4, 0.5) is 10.2 Å². The fourth-order valence-electron chi connectivity index (χ4n) is 4.92. The predicted octanol–water partition coefficient (Wildman–Crippen LogP) is 5.98. The molecule has 1 aliphatic rings. The van der Waals surface area contributed by atoms with Crippen LogP contribution in [-0.2, 0) is 23.3 Å². The highest BCUT2D eigenvalue weighted by molar-refractivity contribution is 7.18. The van der Waals surface area contributed by atoms with Crippen molar-refractivity contribution in [3.8, 4) is 11.4 Å². The minimum absolute atomic E-state index is 0.0898. The van der Waals surface area contributed by atoms with Gasteiger partial charge in [-0.25, -0.2) is 14.1 Å². The number of alkyl halides is 1. The van der Waals surface area contributed by atoms with Crippen molar-refractivity contribution in [2.75, 3.05) is 19.0 Å². The lowest BCUT2D eigenvalue weighted by atomic mass is 10.0. The smallest absolute Gasteiger partial charge is 0.230 e. The zero-order valence-electron chi connectivity index (χ0n) is 22.9. The number of allylic oxidation sites excluding steroid dienone is 1. The number of hydrogen-bond donors (Lipinski definition) is 0. The van der Waals surface area contributed by atoms with Crippen LogP contribution in [0.2, 0.25) is 0 Å². The van der Waals surface area contributed by atoms with Gasteiger partial charge in [0, 0.05) is 44.9 Å². The number of halogens is 1. The molecule has 3 atom stereocenters. The van der Waals surface area contributed by atoms with Crippen LogP contribution in [0.3, 0.4) is 0 Å². The van der Waals surface area contributed by atoms with E-state index in [1.807, 2.05) is 72.4 Å². The lowest BCUT2D eigenvalue weighted by molar-refractivity contribution is -0.120. The van der Waals surface area contributed by atoms with E-state index in [2.05, 4.69) is 33.0 Å². The van der Waals surface area contributed by atoms with Crippen molar-refractivity contribution in [2.45, 2.75) is 72.0 Å². The van der Waals surface area contributed by atoms with Gasteiger partial charge in [-0.15, -0.1) is 0 Å². The standard InChI is InChI=1S/C28H38FN6OP/c1-8-18(3)26(32(6)7)22-16-24-34(31-22)15-14-25(36)35(24)19(4)20-10-12-21(13-11-20)27-30-23(28(5,29)37)17-33(27)9-2/h10-13,16-17,19H,8-9,14-15,37H2,1-7H3/b26-18-/t19-,28?/m0/s1. The number of nitrogens with zero attached hydrogens (tertiary/aromatic N) is 6. The Morgan fingerprint density at radius 3 is 2.49 bits per heavy atom. The van der Waals surface area contributed by atoms with Gasteiger partial charge in [-0.1, -0.05) is 40.4 Å². The maximum absolute atomic E-state index is 14.5. The molecule has 1 aromatic carbocycles. The molecule has 198 valence electrons. The number of hydrogen-bond acceptors (Lipinski definition) is 4. The summed E-state index contributed by atoms with van der Waals surface area (Å²) in [6.45, 7) is 11.1. The number of benzene rings is 1. The molecule has 2 unspecified atom stereocenters. The zero-order valence-corrected chi connectivity index (χ0v) is 24.1. The highest BCUT2D eigenvalue weighted by atomic mass is 31.0. The van der Waals surface area contributed by atoms with Gasteiger partial charge in [-0.2, -0.15) is 5.10 Å². The number of imidazole rings is 1. The van der Waals surface area contributed by atoms with E-state index in [0.717, 1.165) is 40.6 Å². The second-order valence-electron chi connectivity index (χ2n) is 10.1. The lowest BCUT2D eigenvalue weighted by Crippen LogP contribution is -2.39. The fourth-order valence-corrected chi connectivity index (χ4v) is 5.06. The van der Waals surface area contributed by atoms with E-state index in [1.54, 1.807) is 6.20 Å². The summed E-state index contributed by atoms with van der Waals surface area (Å²) in [5, 5.41) is 3.29. The topological polar surface area (TPSA) is 59.2 Å². The lowest BCUT2D eigenvalue weighted by Gasteiger charge is -2.33. The Balaban J connectivity index is 1.67. The van der Waals surface area contributed by atoms with E-state index in [-0.39, 0.29) is 11.9 Å². The number of carbonyl (C=O) groups excluding carboxylic acids is 1. The van der Waals surface area contributed by atoms with Gasteiger partial charge in [-0.3, -0.25) is 9.69 Å². The van der Waals surface area contributed by atoms with Gasteiger partial charge >= 0.3 is 0 Å². The number of aromatic nitrogens is 4. The van der Waals surface area contributed by atoms with Crippen LogP contribution in [0.15, 0.2) is 42.1 Å². The van der Waals surface area contributed by atoms with Crippen molar-refractivity contribution in [2.24, 2.45) is 0 Å². The van der Waals surface area contributed by atoms with Gasteiger partial charge in [0.25, 0.3) is 0 Å². The van der Waals surface area contributed by atoms with E-state index < -0.39 is 5.41 Å². The molecule has 4 rings (SSSR count). The molecule has 0 radical (unpaired) electrons. The highest BCUT2D eigenvalue weighted by Gasteiger charge is 2.32. The van der Waals surface area contributed by atoms with Gasteiger partial charge in [-0.05, 0) is 45.3 Å². The average Bonchev–Trinajstić information content (AvgIpc) is 3.48. The Hall–Kier alpha value is -2.99. The predicted molar refractivity (Wildman–Crippen MR) is 151 cm³/mol. The maximum Gasteiger partial charge on any atom is 0.230 e. The summed E-state index contributed by atoms with van der Waals surface area (Å²) in [5.74, 6) is 1.64. The summed E-state index contributed by atoms with van der Waals surface area (Å²) in [6.07, 6.45) is 3.11. The quantitative estimate of drug-likeness (QED) is 0.340. The molecule has 3 aromatic rings. The number of aryl methyl sites for hydroxylation is 2. The Morgan fingerprint density at radius 1 is 1.24 bits per heavy atom. The van der Waals surface area contributed by atoms with Crippen molar-refractivity contribution < 1.29 is 9.18 Å². The molecule has 0 bridgehead atoms. The number of fused-ring (bicyclic) bond motifs is 1. The first-order valence-corrected chi connectivity index (χ1v) is 13.5. The van der Waals surface area contributed by atoms with Crippen LogP contribution in [-0.4, -0.2) is 44.2 Å². The first-order chi connectivity index (χ1) is 17.5. The second-order valence-corrected chi connectivity index (χ2v) is 11.2. The van der Waals surface area contributed by atoms with Gasteiger partial charge in [0.15, 0.2) is 5.41 Å². The Morgan fingerprint density at radius 2 is 1.92 bits per heavy atom. The summed E-state index contributed by atoms with van der Waals surface area (Å²) in [7, 11) is 6.27. The van der Waals surface area contributed by atoms with Gasteiger partial charge in [0.05, 0.1) is 24.0 Å². The summed E-state index contributed by atoms with van der Waals surface area (Å²) < 4.78 is 18.4. The number of carbonyl (C=O) groups is 1. The molecule has 2 aromatic heterocycles. The highest BCUT2D eigenvalue weighted by Crippen LogP contribution is 2.36. The van der Waals surface area contributed by atoms with Crippen molar-refractivity contribution in [3.05, 3.63) is 59.1 Å². The molecule has 9 heteroatoms. The Bertz CT molecular complexity index is 1320. The average molecular weight is 525 g/mol. The first kappa shape index (κ1) is 27.1. The molecule has 0 N–H and O–H groups in total. The number of rotatable bonds is 8. The van der Waals surface area contributed by atoms with E-state index in [1.165, 1.54) is 12.5 Å². The largest absolute Gasteiger partial charge is 0.376 e. The third kappa shape index (κ3) is 5.22. The molecular formula is C28H38FN6OP. The molecule has 0 saturated heterocycles. The summed E-state index contributed by atoms with van der Waals surface area (Å²) in [5.41, 5.74) is 5.54. The molecule has 37 heavy (non-hydrogen) atoms. The summed E-state index contributed by atoms with van der Waals surface area (Å²) >= 11 is 0. The molecule has 1 amide bonds. The molecule has 0 aliphatic carbocycles. The van der Waals surface area contributed by atoms with Crippen LogP contribution < -0.4 is 4.90 Å². The Kier molecular flexibility index (Phi) is 7.61. The van der Waals surface area contributed by atoms with Crippen LogP contribution in [0.1, 0.15) is 70.5 Å². The molecular weight excluding hydrogens is 486 g/mol. The number of amides is 1. The molecule has 0 saturated carbocycles. The van der Waals surface area contributed by atoms with Crippen LogP contribution in [0.5, 0.6) is 0 Å². The number of anilines is 1. The van der Waals surface area contributed by atoms with Gasteiger partial charge in [0.1, 0.15) is 17.3 Å². The first-order valence-electron chi connectivity index (χ1n) is 12.9. The van der Waals surface area contributed by atoms with Crippen molar-refractivity contribution in [1.29, 1.82) is 0 Å². The minimum Gasteiger partial charge on any atom is -0.376 e. The molecule has 3 heterocycles. The molecule has 1 aliphatic heterocycles. The SMILES string of the molecule is CC/C(C)=C(/c1cc2n(n1)CCC(=O)N2[C@@H](C)c1ccc(-c2nc(C(C)(F)P)cn2CC)cc1)N(C)C. The van der Waals surface area contributed by atoms with Crippen molar-refractivity contribution >= 4 is 26.7 Å². The van der Waals surface area contributed by atoms with Crippen LogP contribution in [0.25, 0.3) is 17.1 Å². The van der Waals surface area contributed by atoms with Crippen molar-refractivity contribution in [3.63, 3.8) is 0 Å². The monoisotopic (exact) mass is 524 g/mol. The summed E-state index contributed by atoms with van der Waals surface area (Å²) in [6, 6.07) is 9.91. The Labute approximate surface area is 221 Å². The fraction of sp³-hybridized carbons (Fsp3) is 0.464. The van der Waals surface area contributed by atoms with Crippen molar-refractivity contribution in [1.82, 2.24) is 24.2 Å². The molecule has 0 spiro atoms.